The van der Waals surface area contributed by atoms with Crippen LogP contribution >= 0.6 is 0 Å². The second-order valence-corrected chi connectivity index (χ2v) is 6.00. The van der Waals surface area contributed by atoms with Crippen LogP contribution in [-0.4, -0.2) is 10.5 Å². The molecule has 3 heteroatoms. The average molecular weight is 306 g/mol. The Morgan fingerprint density at radius 2 is 1.87 bits per heavy atom. The standard InChI is InChI=1S/C20H22N2O/c1-4-16-7-10-19-17(13-16)11-12-22(19)15(3)20(23)21-18-8-5-14(2)6-9-18/h5-13,15H,4H2,1-3H3,(H,21,23). The van der Waals surface area contributed by atoms with Crippen LogP contribution in [0.1, 0.15) is 31.0 Å². The first-order chi connectivity index (χ1) is 11.1. The van der Waals surface area contributed by atoms with Crippen LogP contribution in [0, 0.1) is 6.92 Å². The van der Waals surface area contributed by atoms with Gasteiger partial charge in [0.25, 0.3) is 0 Å². The molecule has 1 aromatic heterocycles. The smallest absolute Gasteiger partial charge is 0.247 e. The van der Waals surface area contributed by atoms with Gasteiger partial charge in [-0.3, -0.25) is 4.79 Å². The fourth-order valence-corrected chi connectivity index (χ4v) is 2.78. The molecule has 0 aliphatic carbocycles. The van der Waals surface area contributed by atoms with Crippen LogP contribution in [0.5, 0.6) is 0 Å². The normalized spacial score (nSPS) is 12.3. The monoisotopic (exact) mass is 306 g/mol. The maximum Gasteiger partial charge on any atom is 0.247 e. The van der Waals surface area contributed by atoms with Gasteiger partial charge in [0.15, 0.2) is 0 Å². The van der Waals surface area contributed by atoms with E-state index < -0.39 is 0 Å². The lowest BCUT2D eigenvalue weighted by molar-refractivity contribution is -0.118. The Kier molecular flexibility index (Phi) is 4.20. The van der Waals surface area contributed by atoms with Crippen molar-refractivity contribution in [2.24, 2.45) is 0 Å². The first-order valence-electron chi connectivity index (χ1n) is 8.05. The Morgan fingerprint density at radius 3 is 2.57 bits per heavy atom. The fraction of sp³-hybridized carbons (Fsp3) is 0.250. The summed E-state index contributed by atoms with van der Waals surface area (Å²) >= 11 is 0. The van der Waals surface area contributed by atoms with Gasteiger partial charge in [-0.05, 0) is 61.5 Å². The van der Waals surface area contributed by atoms with E-state index in [0.717, 1.165) is 17.6 Å². The van der Waals surface area contributed by atoms with Crippen LogP contribution < -0.4 is 5.32 Å². The zero-order valence-electron chi connectivity index (χ0n) is 13.8. The molecule has 23 heavy (non-hydrogen) atoms. The van der Waals surface area contributed by atoms with E-state index in [1.54, 1.807) is 0 Å². The van der Waals surface area contributed by atoms with E-state index in [0.29, 0.717) is 0 Å². The highest BCUT2D eigenvalue weighted by Gasteiger charge is 2.16. The van der Waals surface area contributed by atoms with Crippen molar-refractivity contribution in [1.29, 1.82) is 0 Å². The van der Waals surface area contributed by atoms with Gasteiger partial charge in [-0.25, -0.2) is 0 Å². The zero-order chi connectivity index (χ0) is 16.4. The summed E-state index contributed by atoms with van der Waals surface area (Å²) in [6, 6.07) is 16.1. The highest BCUT2D eigenvalue weighted by molar-refractivity contribution is 5.95. The van der Waals surface area contributed by atoms with E-state index in [4.69, 9.17) is 0 Å². The molecule has 0 saturated carbocycles. The summed E-state index contributed by atoms with van der Waals surface area (Å²) in [5.41, 5.74) is 4.41. The molecule has 0 bridgehead atoms. The third kappa shape index (κ3) is 3.14. The molecule has 3 rings (SSSR count). The van der Waals surface area contributed by atoms with Crippen LogP contribution in [0.25, 0.3) is 10.9 Å². The van der Waals surface area contributed by atoms with Gasteiger partial charge >= 0.3 is 0 Å². The summed E-state index contributed by atoms with van der Waals surface area (Å²) in [6.45, 7) is 6.11. The van der Waals surface area contributed by atoms with E-state index in [-0.39, 0.29) is 11.9 Å². The highest BCUT2D eigenvalue weighted by Crippen LogP contribution is 2.23. The summed E-state index contributed by atoms with van der Waals surface area (Å²) in [5.74, 6) is -0.00841. The molecule has 1 amide bonds. The Hall–Kier alpha value is -2.55. The molecule has 118 valence electrons. The molecule has 0 aliphatic heterocycles. The highest BCUT2D eigenvalue weighted by atomic mass is 16.2. The molecule has 0 saturated heterocycles. The van der Waals surface area contributed by atoms with Crippen molar-refractivity contribution in [2.45, 2.75) is 33.2 Å². The Bertz CT molecular complexity index is 830. The summed E-state index contributed by atoms with van der Waals surface area (Å²) in [4.78, 5) is 12.5. The minimum atomic E-state index is -0.263. The Morgan fingerprint density at radius 1 is 1.13 bits per heavy atom. The third-order valence-electron chi connectivity index (χ3n) is 4.31. The molecule has 3 aromatic rings. The Labute approximate surface area is 136 Å². The van der Waals surface area contributed by atoms with Crippen LogP contribution in [0.4, 0.5) is 5.69 Å². The van der Waals surface area contributed by atoms with E-state index in [1.165, 1.54) is 16.5 Å². The van der Waals surface area contributed by atoms with Crippen molar-refractivity contribution < 1.29 is 4.79 Å². The number of nitrogens with zero attached hydrogens (tertiary/aromatic N) is 1. The van der Waals surface area contributed by atoms with Gasteiger partial charge in [-0.1, -0.05) is 30.7 Å². The lowest BCUT2D eigenvalue weighted by Crippen LogP contribution is -2.23. The lowest BCUT2D eigenvalue weighted by atomic mass is 10.1. The number of aryl methyl sites for hydroxylation is 2. The van der Waals surface area contributed by atoms with Crippen molar-refractivity contribution in [2.75, 3.05) is 5.32 Å². The van der Waals surface area contributed by atoms with Crippen LogP contribution in [0.3, 0.4) is 0 Å². The van der Waals surface area contributed by atoms with Crippen LogP contribution in [0.2, 0.25) is 0 Å². The van der Waals surface area contributed by atoms with Crippen LogP contribution in [-0.2, 0) is 11.2 Å². The van der Waals surface area contributed by atoms with Gasteiger partial charge in [0.2, 0.25) is 5.91 Å². The van der Waals surface area contributed by atoms with Crippen molar-refractivity contribution in [3.8, 4) is 0 Å². The SMILES string of the molecule is CCc1ccc2c(ccn2C(C)C(=O)Nc2ccc(C)cc2)c1. The van der Waals surface area contributed by atoms with Crippen molar-refractivity contribution in [1.82, 2.24) is 4.57 Å². The minimum Gasteiger partial charge on any atom is -0.335 e. The number of anilines is 1. The van der Waals surface area contributed by atoms with Gasteiger partial charge in [0, 0.05) is 17.4 Å². The molecule has 2 aromatic carbocycles. The number of amides is 1. The maximum absolute atomic E-state index is 12.5. The summed E-state index contributed by atoms with van der Waals surface area (Å²) in [5, 5.41) is 4.16. The zero-order valence-corrected chi connectivity index (χ0v) is 13.8. The molecule has 1 heterocycles. The first-order valence-corrected chi connectivity index (χ1v) is 8.05. The van der Waals surface area contributed by atoms with Crippen molar-refractivity contribution in [3.63, 3.8) is 0 Å². The number of carbonyl (C=O) groups excluding carboxylic acids is 1. The predicted octanol–water partition coefficient (Wildman–Crippen LogP) is 4.71. The maximum atomic E-state index is 12.5. The van der Waals surface area contributed by atoms with E-state index in [2.05, 4.69) is 36.5 Å². The van der Waals surface area contributed by atoms with Gasteiger partial charge in [0.05, 0.1) is 0 Å². The molecule has 1 unspecified atom stereocenters. The van der Waals surface area contributed by atoms with E-state index in [1.807, 2.05) is 48.9 Å². The molecular weight excluding hydrogens is 284 g/mol. The number of hydrogen-bond donors (Lipinski definition) is 1. The van der Waals surface area contributed by atoms with Crippen molar-refractivity contribution >= 4 is 22.5 Å². The molecule has 1 N–H and O–H groups in total. The average Bonchev–Trinajstić information content (AvgIpc) is 2.99. The largest absolute Gasteiger partial charge is 0.335 e. The molecule has 0 radical (unpaired) electrons. The number of benzene rings is 2. The summed E-state index contributed by atoms with van der Waals surface area (Å²) < 4.78 is 2.03. The number of rotatable bonds is 4. The fourth-order valence-electron chi connectivity index (χ4n) is 2.78. The quantitative estimate of drug-likeness (QED) is 0.744. The molecule has 3 nitrogen and oxygen atoms in total. The third-order valence-corrected chi connectivity index (χ3v) is 4.31. The van der Waals surface area contributed by atoms with Gasteiger partial charge in [-0.15, -0.1) is 0 Å². The number of aromatic nitrogens is 1. The second-order valence-electron chi connectivity index (χ2n) is 6.00. The lowest BCUT2D eigenvalue weighted by Gasteiger charge is -2.15. The van der Waals surface area contributed by atoms with Gasteiger partial charge < -0.3 is 9.88 Å². The van der Waals surface area contributed by atoms with Gasteiger partial charge in [0.1, 0.15) is 6.04 Å². The second kappa shape index (κ2) is 6.29. The molecule has 1 atom stereocenters. The molecule has 0 aliphatic rings. The van der Waals surface area contributed by atoms with Crippen LogP contribution in [0.15, 0.2) is 54.7 Å². The molecule has 0 fully saturated rings. The number of nitrogens with one attached hydrogen (secondary N) is 1. The van der Waals surface area contributed by atoms with Crippen molar-refractivity contribution in [3.05, 3.63) is 65.9 Å². The van der Waals surface area contributed by atoms with E-state index >= 15 is 0 Å². The molecular formula is C20H22N2O. The molecule has 0 spiro atoms. The Balaban J connectivity index is 1.83. The summed E-state index contributed by atoms with van der Waals surface area (Å²) in [7, 11) is 0. The van der Waals surface area contributed by atoms with Gasteiger partial charge in [-0.2, -0.15) is 0 Å². The predicted molar refractivity (Wildman–Crippen MR) is 95.8 cm³/mol. The number of hydrogen-bond acceptors (Lipinski definition) is 1. The number of carbonyl (C=O) groups is 1. The number of fused-ring (bicyclic) bond motifs is 1. The topological polar surface area (TPSA) is 34.0 Å². The summed E-state index contributed by atoms with van der Waals surface area (Å²) in [6.07, 6.45) is 3.01. The minimum absolute atomic E-state index is 0.00841. The first kappa shape index (κ1) is 15.3. The van der Waals surface area contributed by atoms with E-state index in [9.17, 15) is 4.79 Å².